The number of anilines is 1. The van der Waals surface area contributed by atoms with E-state index < -0.39 is 11.9 Å². The van der Waals surface area contributed by atoms with Gasteiger partial charge in [-0.1, -0.05) is 25.3 Å². The van der Waals surface area contributed by atoms with Gasteiger partial charge < -0.3 is 10.4 Å². The van der Waals surface area contributed by atoms with E-state index in [4.69, 9.17) is 6.42 Å². The van der Waals surface area contributed by atoms with Gasteiger partial charge in [0.05, 0.1) is 0 Å². The molecule has 1 heterocycles. The number of aromatic hydroxyl groups is 1. The normalized spacial score (nSPS) is 15.5. The Morgan fingerprint density at radius 2 is 1.89 bits per heavy atom. The molecule has 27 heavy (non-hydrogen) atoms. The molecule has 1 aromatic heterocycles. The van der Waals surface area contributed by atoms with Crippen LogP contribution in [0.3, 0.4) is 0 Å². The minimum Gasteiger partial charge on any atom is -0.508 e. The van der Waals surface area contributed by atoms with E-state index in [0.717, 1.165) is 30.6 Å². The number of phenolic OH excluding ortho intramolecular Hbond substituents is 1. The summed E-state index contributed by atoms with van der Waals surface area (Å²) in [5.41, 5.74) is 0.466. The summed E-state index contributed by atoms with van der Waals surface area (Å²) in [5, 5.41) is 14.5. The van der Waals surface area contributed by atoms with Gasteiger partial charge in [-0.3, -0.25) is 14.5 Å². The van der Waals surface area contributed by atoms with E-state index in [0.29, 0.717) is 5.69 Å². The average molecular weight is 382 g/mol. The van der Waals surface area contributed by atoms with Crippen LogP contribution in [0.2, 0.25) is 0 Å². The van der Waals surface area contributed by atoms with Crippen molar-refractivity contribution in [3.8, 4) is 18.1 Å². The molecular weight excluding hydrogens is 360 g/mol. The number of benzene rings is 1. The van der Waals surface area contributed by atoms with Gasteiger partial charge in [0.15, 0.2) is 6.04 Å². The highest BCUT2D eigenvalue weighted by Gasteiger charge is 2.34. The second-order valence-electron chi connectivity index (χ2n) is 6.60. The Hall–Kier alpha value is -2.78. The van der Waals surface area contributed by atoms with E-state index in [1.807, 2.05) is 17.5 Å². The van der Waals surface area contributed by atoms with Crippen molar-refractivity contribution >= 4 is 28.8 Å². The molecule has 1 aromatic carbocycles. The molecule has 140 valence electrons. The molecule has 1 unspecified atom stereocenters. The van der Waals surface area contributed by atoms with Gasteiger partial charge in [-0.15, -0.1) is 17.8 Å². The number of terminal acetylenes is 1. The van der Waals surface area contributed by atoms with Crippen LogP contribution in [0.4, 0.5) is 5.69 Å². The van der Waals surface area contributed by atoms with Crippen LogP contribution in [0.15, 0.2) is 41.8 Å². The number of phenols is 1. The van der Waals surface area contributed by atoms with Crippen molar-refractivity contribution in [1.82, 2.24) is 5.32 Å². The van der Waals surface area contributed by atoms with Crippen molar-refractivity contribution in [2.45, 2.75) is 44.2 Å². The van der Waals surface area contributed by atoms with Gasteiger partial charge in [-0.25, -0.2) is 0 Å². The van der Waals surface area contributed by atoms with Gasteiger partial charge in [-0.05, 0) is 54.5 Å². The summed E-state index contributed by atoms with van der Waals surface area (Å²) in [6.45, 7) is 0. The maximum atomic E-state index is 13.2. The summed E-state index contributed by atoms with van der Waals surface area (Å²) in [4.78, 5) is 27.8. The molecule has 1 saturated carbocycles. The fourth-order valence-electron chi connectivity index (χ4n) is 3.41. The van der Waals surface area contributed by atoms with Crippen LogP contribution >= 0.6 is 11.3 Å². The van der Waals surface area contributed by atoms with E-state index >= 15 is 0 Å². The molecule has 1 atom stereocenters. The lowest BCUT2D eigenvalue weighted by atomic mass is 9.95. The first-order chi connectivity index (χ1) is 13.1. The van der Waals surface area contributed by atoms with Crippen LogP contribution in [0.25, 0.3) is 0 Å². The molecule has 2 aromatic rings. The predicted molar refractivity (Wildman–Crippen MR) is 107 cm³/mol. The maximum Gasteiger partial charge on any atom is 0.303 e. The van der Waals surface area contributed by atoms with E-state index in [-0.39, 0.29) is 17.7 Å². The Balaban J connectivity index is 1.96. The van der Waals surface area contributed by atoms with Gasteiger partial charge in [0, 0.05) is 16.6 Å². The Morgan fingerprint density at radius 1 is 1.19 bits per heavy atom. The van der Waals surface area contributed by atoms with Crippen LogP contribution in [-0.2, 0) is 9.59 Å². The van der Waals surface area contributed by atoms with Crippen LogP contribution in [-0.4, -0.2) is 23.0 Å². The van der Waals surface area contributed by atoms with Crippen molar-refractivity contribution in [3.63, 3.8) is 0 Å². The largest absolute Gasteiger partial charge is 0.508 e. The van der Waals surface area contributed by atoms with Crippen molar-refractivity contribution in [2.24, 2.45) is 0 Å². The van der Waals surface area contributed by atoms with E-state index in [1.54, 1.807) is 12.1 Å². The highest BCUT2D eigenvalue weighted by molar-refractivity contribution is 7.10. The van der Waals surface area contributed by atoms with Crippen molar-refractivity contribution in [3.05, 3.63) is 46.7 Å². The maximum absolute atomic E-state index is 13.2. The van der Waals surface area contributed by atoms with E-state index in [1.165, 1.54) is 34.8 Å². The third-order valence-electron chi connectivity index (χ3n) is 4.74. The standard InChI is InChI=1S/C21H22N2O3S/c1-2-19(25)23(16-10-12-17(24)13-11-16)20(18-9-6-14-27-18)21(26)22-15-7-4-3-5-8-15/h1,6,9-15,20,24H,3-5,7-8H2,(H,22,26). The van der Waals surface area contributed by atoms with E-state index in [2.05, 4.69) is 11.2 Å². The Labute approximate surface area is 163 Å². The number of hydrogen-bond donors (Lipinski definition) is 2. The fourth-order valence-corrected chi connectivity index (χ4v) is 4.23. The molecule has 1 aliphatic carbocycles. The van der Waals surface area contributed by atoms with Gasteiger partial charge in [0.1, 0.15) is 5.75 Å². The summed E-state index contributed by atoms with van der Waals surface area (Å²) < 4.78 is 0. The predicted octanol–water partition coefficient (Wildman–Crippen LogP) is 3.61. The monoisotopic (exact) mass is 382 g/mol. The van der Waals surface area contributed by atoms with Crippen molar-refractivity contribution in [2.75, 3.05) is 4.90 Å². The Kier molecular flexibility index (Phi) is 6.15. The summed E-state index contributed by atoms with van der Waals surface area (Å²) in [6, 6.07) is 9.05. The minimum absolute atomic E-state index is 0.0752. The smallest absolute Gasteiger partial charge is 0.303 e. The molecule has 0 radical (unpaired) electrons. The van der Waals surface area contributed by atoms with Gasteiger partial charge in [0.25, 0.3) is 0 Å². The molecule has 2 N–H and O–H groups in total. The zero-order valence-electron chi connectivity index (χ0n) is 14.9. The first-order valence-electron chi connectivity index (χ1n) is 9.03. The second-order valence-corrected chi connectivity index (χ2v) is 7.58. The molecular formula is C21H22N2O3S. The lowest BCUT2D eigenvalue weighted by molar-refractivity contribution is -0.125. The second kappa shape index (κ2) is 8.74. The van der Waals surface area contributed by atoms with Gasteiger partial charge >= 0.3 is 5.91 Å². The zero-order valence-corrected chi connectivity index (χ0v) is 15.7. The Morgan fingerprint density at radius 3 is 2.48 bits per heavy atom. The van der Waals surface area contributed by atoms with Gasteiger partial charge in [0.2, 0.25) is 5.91 Å². The average Bonchev–Trinajstić information content (AvgIpc) is 3.21. The zero-order chi connectivity index (χ0) is 19.2. The molecule has 0 spiro atoms. The first-order valence-corrected chi connectivity index (χ1v) is 9.90. The fraction of sp³-hybridized carbons (Fsp3) is 0.333. The van der Waals surface area contributed by atoms with Crippen molar-refractivity contribution in [1.29, 1.82) is 0 Å². The SMILES string of the molecule is C#CC(=O)N(c1ccc(O)cc1)C(C(=O)NC1CCCCC1)c1cccs1. The minimum atomic E-state index is -0.847. The molecule has 2 amide bonds. The van der Waals surface area contributed by atoms with E-state index in [9.17, 15) is 14.7 Å². The highest BCUT2D eigenvalue weighted by atomic mass is 32.1. The molecule has 0 aliphatic heterocycles. The summed E-state index contributed by atoms with van der Waals surface area (Å²) >= 11 is 1.40. The quantitative estimate of drug-likeness (QED) is 0.776. The number of nitrogens with one attached hydrogen (secondary N) is 1. The molecule has 6 heteroatoms. The molecule has 1 fully saturated rings. The summed E-state index contributed by atoms with van der Waals surface area (Å²) in [5.74, 6) is 1.37. The van der Waals surface area contributed by atoms with Gasteiger partial charge in [-0.2, -0.15) is 0 Å². The van der Waals surface area contributed by atoms with Crippen LogP contribution < -0.4 is 10.2 Å². The topological polar surface area (TPSA) is 69.6 Å². The third-order valence-corrected chi connectivity index (χ3v) is 5.67. The van der Waals surface area contributed by atoms with Crippen molar-refractivity contribution < 1.29 is 14.7 Å². The summed E-state index contributed by atoms with van der Waals surface area (Å²) in [7, 11) is 0. The molecule has 1 aliphatic rings. The number of rotatable bonds is 5. The van der Waals surface area contributed by atoms with Crippen LogP contribution in [0.1, 0.15) is 43.0 Å². The molecule has 5 nitrogen and oxygen atoms in total. The number of nitrogens with zero attached hydrogens (tertiary/aromatic N) is 1. The number of carbonyl (C=O) groups excluding carboxylic acids is 2. The number of carbonyl (C=O) groups is 2. The summed E-state index contributed by atoms with van der Waals surface area (Å²) in [6.07, 6.45) is 10.7. The lowest BCUT2D eigenvalue weighted by Gasteiger charge is -2.31. The first kappa shape index (κ1) is 19.0. The van der Waals surface area contributed by atoms with Crippen LogP contribution in [0, 0.1) is 12.3 Å². The number of thiophene rings is 1. The number of hydrogen-bond acceptors (Lipinski definition) is 4. The van der Waals surface area contributed by atoms with Crippen LogP contribution in [0.5, 0.6) is 5.75 Å². The number of amides is 2. The molecule has 3 rings (SSSR count). The molecule has 0 saturated heterocycles. The molecule has 0 bridgehead atoms. The third kappa shape index (κ3) is 4.50. The Bertz CT molecular complexity index is 818. The highest BCUT2D eigenvalue weighted by Crippen LogP contribution is 2.32. The lowest BCUT2D eigenvalue weighted by Crippen LogP contribution is -2.46.